The SMILES string of the molecule is CCOC(=O)C1CNCCC12CCOCC2. The first-order valence-corrected chi connectivity index (χ1v) is 6.23. The third kappa shape index (κ3) is 2.23. The van der Waals surface area contributed by atoms with Gasteiger partial charge >= 0.3 is 5.97 Å². The summed E-state index contributed by atoms with van der Waals surface area (Å²) in [6.07, 6.45) is 3.07. The molecule has 0 radical (unpaired) electrons. The van der Waals surface area contributed by atoms with Crippen LogP contribution in [-0.4, -0.2) is 38.9 Å². The number of esters is 1. The number of hydrogen-bond acceptors (Lipinski definition) is 4. The zero-order valence-corrected chi connectivity index (χ0v) is 9.96. The molecule has 2 saturated heterocycles. The molecule has 2 rings (SSSR count). The molecule has 92 valence electrons. The fourth-order valence-corrected chi connectivity index (χ4v) is 2.93. The average molecular weight is 227 g/mol. The van der Waals surface area contributed by atoms with E-state index in [0.717, 1.165) is 45.6 Å². The molecule has 0 bridgehead atoms. The van der Waals surface area contributed by atoms with Crippen LogP contribution in [0, 0.1) is 11.3 Å². The Morgan fingerprint density at radius 2 is 2.19 bits per heavy atom. The van der Waals surface area contributed by atoms with Gasteiger partial charge in [-0.1, -0.05) is 0 Å². The van der Waals surface area contributed by atoms with E-state index < -0.39 is 0 Å². The van der Waals surface area contributed by atoms with Crippen molar-refractivity contribution in [3.8, 4) is 0 Å². The Morgan fingerprint density at radius 3 is 2.88 bits per heavy atom. The molecule has 0 aromatic heterocycles. The van der Waals surface area contributed by atoms with Gasteiger partial charge in [-0.25, -0.2) is 0 Å². The first kappa shape index (κ1) is 11.9. The van der Waals surface area contributed by atoms with E-state index in [2.05, 4.69) is 5.32 Å². The summed E-state index contributed by atoms with van der Waals surface area (Å²) in [7, 11) is 0. The van der Waals surface area contributed by atoms with E-state index in [1.807, 2.05) is 6.92 Å². The normalized spacial score (nSPS) is 28.9. The Balaban J connectivity index is 2.09. The van der Waals surface area contributed by atoms with Gasteiger partial charge in [0, 0.05) is 19.8 Å². The summed E-state index contributed by atoms with van der Waals surface area (Å²) >= 11 is 0. The van der Waals surface area contributed by atoms with Gasteiger partial charge in [0.25, 0.3) is 0 Å². The summed E-state index contributed by atoms with van der Waals surface area (Å²) < 4.78 is 10.6. The van der Waals surface area contributed by atoms with Crippen molar-refractivity contribution < 1.29 is 14.3 Å². The maximum Gasteiger partial charge on any atom is 0.310 e. The van der Waals surface area contributed by atoms with E-state index in [1.165, 1.54) is 0 Å². The molecule has 4 nitrogen and oxygen atoms in total. The Bertz CT molecular complexity index is 240. The second-order valence-corrected chi connectivity index (χ2v) is 4.73. The van der Waals surface area contributed by atoms with Crippen LogP contribution in [0.25, 0.3) is 0 Å². The van der Waals surface area contributed by atoms with E-state index in [9.17, 15) is 4.79 Å². The Kier molecular flexibility index (Phi) is 3.82. The second-order valence-electron chi connectivity index (χ2n) is 4.73. The number of hydrogen-bond donors (Lipinski definition) is 1. The molecule has 4 heteroatoms. The topological polar surface area (TPSA) is 47.6 Å². The summed E-state index contributed by atoms with van der Waals surface area (Å²) in [4.78, 5) is 12.0. The van der Waals surface area contributed by atoms with Crippen LogP contribution >= 0.6 is 0 Å². The zero-order chi connectivity index (χ0) is 11.4. The predicted octanol–water partition coefficient (Wildman–Crippen LogP) is 0.956. The minimum Gasteiger partial charge on any atom is -0.466 e. The van der Waals surface area contributed by atoms with Gasteiger partial charge in [0.15, 0.2) is 0 Å². The molecule has 16 heavy (non-hydrogen) atoms. The molecule has 0 aliphatic carbocycles. The summed E-state index contributed by atoms with van der Waals surface area (Å²) in [6, 6.07) is 0. The molecule has 1 spiro atoms. The van der Waals surface area contributed by atoms with Gasteiger partial charge in [-0.2, -0.15) is 0 Å². The van der Waals surface area contributed by atoms with Gasteiger partial charge in [-0.05, 0) is 38.1 Å². The molecule has 2 aliphatic rings. The van der Waals surface area contributed by atoms with E-state index in [1.54, 1.807) is 0 Å². The highest BCUT2D eigenvalue weighted by molar-refractivity contribution is 5.74. The van der Waals surface area contributed by atoms with Gasteiger partial charge in [0.1, 0.15) is 0 Å². The fraction of sp³-hybridized carbons (Fsp3) is 0.917. The van der Waals surface area contributed by atoms with Crippen molar-refractivity contribution in [2.45, 2.75) is 26.2 Å². The van der Waals surface area contributed by atoms with Crippen molar-refractivity contribution in [3.05, 3.63) is 0 Å². The first-order chi connectivity index (χ1) is 7.78. The van der Waals surface area contributed by atoms with Crippen LogP contribution in [0.1, 0.15) is 26.2 Å². The van der Waals surface area contributed by atoms with Crippen LogP contribution in [0.15, 0.2) is 0 Å². The standard InChI is InChI=1S/C12H21NO3/c1-2-16-11(14)10-9-13-6-3-12(10)4-7-15-8-5-12/h10,13H,2-9H2,1H3. The summed E-state index contributed by atoms with van der Waals surface area (Å²) in [5.74, 6) is -0.0123. The molecular formula is C12H21NO3. The van der Waals surface area contributed by atoms with Crippen LogP contribution in [0.3, 0.4) is 0 Å². The lowest BCUT2D eigenvalue weighted by Gasteiger charge is -2.45. The monoisotopic (exact) mass is 227 g/mol. The van der Waals surface area contributed by atoms with Crippen LogP contribution in [0.5, 0.6) is 0 Å². The lowest BCUT2D eigenvalue weighted by atomic mass is 9.66. The third-order valence-electron chi connectivity index (χ3n) is 3.95. The van der Waals surface area contributed by atoms with Crippen molar-refractivity contribution in [1.82, 2.24) is 5.32 Å². The molecule has 1 N–H and O–H groups in total. The summed E-state index contributed by atoms with van der Waals surface area (Å²) in [6.45, 7) is 5.69. The molecule has 2 fully saturated rings. The molecular weight excluding hydrogens is 206 g/mol. The Hall–Kier alpha value is -0.610. The number of rotatable bonds is 2. The highest BCUT2D eigenvalue weighted by Crippen LogP contribution is 2.43. The van der Waals surface area contributed by atoms with Crippen LogP contribution in [0.4, 0.5) is 0 Å². The van der Waals surface area contributed by atoms with Crippen molar-refractivity contribution in [2.75, 3.05) is 32.9 Å². The highest BCUT2D eigenvalue weighted by atomic mass is 16.5. The van der Waals surface area contributed by atoms with Crippen LogP contribution in [0.2, 0.25) is 0 Å². The van der Waals surface area contributed by atoms with Crippen LogP contribution in [-0.2, 0) is 14.3 Å². The molecule has 1 unspecified atom stereocenters. The smallest absolute Gasteiger partial charge is 0.310 e. The number of carbonyl (C=O) groups excluding carboxylic acids is 1. The van der Waals surface area contributed by atoms with Gasteiger partial charge in [0.2, 0.25) is 0 Å². The van der Waals surface area contributed by atoms with E-state index in [0.29, 0.717) is 6.61 Å². The van der Waals surface area contributed by atoms with E-state index in [4.69, 9.17) is 9.47 Å². The quantitative estimate of drug-likeness (QED) is 0.714. The Labute approximate surface area is 96.7 Å². The molecule has 1 atom stereocenters. The summed E-state index contributed by atoms with van der Waals surface area (Å²) in [5.41, 5.74) is 0.135. The maximum atomic E-state index is 12.0. The minimum absolute atomic E-state index is 0.0186. The fourth-order valence-electron chi connectivity index (χ4n) is 2.93. The molecule has 2 aliphatic heterocycles. The zero-order valence-electron chi connectivity index (χ0n) is 9.96. The molecule has 0 amide bonds. The first-order valence-electron chi connectivity index (χ1n) is 6.23. The van der Waals surface area contributed by atoms with Crippen molar-refractivity contribution >= 4 is 5.97 Å². The highest BCUT2D eigenvalue weighted by Gasteiger charge is 2.46. The number of piperidine rings is 1. The van der Waals surface area contributed by atoms with Crippen molar-refractivity contribution in [3.63, 3.8) is 0 Å². The summed E-state index contributed by atoms with van der Waals surface area (Å²) in [5, 5.41) is 3.30. The van der Waals surface area contributed by atoms with Gasteiger partial charge in [0.05, 0.1) is 12.5 Å². The minimum atomic E-state index is -0.0309. The predicted molar refractivity (Wildman–Crippen MR) is 60.1 cm³/mol. The van der Waals surface area contributed by atoms with E-state index in [-0.39, 0.29) is 17.3 Å². The number of nitrogens with one attached hydrogen (secondary N) is 1. The lowest BCUT2D eigenvalue weighted by molar-refractivity contribution is -0.158. The van der Waals surface area contributed by atoms with Gasteiger partial charge in [-0.15, -0.1) is 0 Å². The third-order valence-corrected chi connectivity index (χ3v) is 3.95. The molecule has 0 aromatic rings. The maximum absolute atomic E-state index is 12.0. The number of carbonyl (C=O) groups is 1. The van der Waals surface area contributed by atoms with Crippen molar-refractivity contribution in [2.24, 2.45) is 11.3 Å². The molecule has 0 aromatic carbocycles. The van der Waals surface area contributed by atoms with Gasteiger partial charge < -0.3 is 14.8 Å². The average Bonchev–Trinajstić information content (AvgIpc) is 2.31. The molecule has 2 heterocycles. The lowest BCUT2D eigenvalue weighted by Crippen LogP contribution is -2.51. The van der Waals surface area contributed by atoms with Gasteiger partial charge in [-0.3, -0.25) is 4.79 Å². The number of ether oxygens (including phenoxy) is 2. The molecule has 0 saturated carbocycles. The van der Waals surface area contributed by atoms with Crippen molar-refractivity contribution in [1.29, 1.82) is 0 Å². The largest absolute Gasteiger partial charge is 0.466 e. The van der Waals surface area contributed by atoms with Crippen LogP contribution < -0.4 is 5.32 Å². The second kappa shape index (κ2) is 5.15. The van der Waals surface area contributed by atoms with E-state index >= 15 is 0 Å². The Morgan fingerprint density at radius 1 is 1.44 bits per heavy atom.